The van der Waals surface area contributed by atoms with Crippen molar-refractivity contribution in [2.45, 2.75) is 32.4 Å². The highest BCUT2D eigenvalue weighted by molar-refractivity contribution is 5.92. The van der Waals surface area contributed by atoms with Crippen molar-refractivity contribution in [3.05, 3.63) is 69.3 Å². The fourth-order valence-corrected chi connectivity index (χ4v) is 4.18. The maximum atomic E-state index is 15.0. The molecule has 2 fully saturated rings. The second-order valence-corrected chi connectivity index (χ2v) is 8.80. The summed E-state index contributed by atoms with van der Waals surface area (Å²) >= 11 is 0. The Balaban J connectivity index is 1.24. The predicted molar refractivity (Wildman–Crippen MR) is 121 cm³/mol. The smallest absolute Gasteiger partial charge is 0.270 e. The van der Waals surface area contributed by atoms with E-state index in [1.54, 1.807) is 31.2 Å². The minimum absolute atomic E-state index is 0.0850. The molecule has 3 aromatic rings. The lowest BCUT2D eigenvalue weighted by atomic mass is 10.1. The number of anilines is 1. The van der Waals surface area contributed by atoms with Gasteiger partial charge in [-0.05, 0) is 38.0 Å². The molecule has 0 atom stereocenters. The molecular formula is C24H25F2N5O2. The van der Waals surface area contributed by atoms with Gasteiger partial charge in [-0.1, -0.05) is 12.1 Å². The third kappa shape index (κ3) is 4.45. The number of pyridine rings is 2. The van der Waals surface area contributed by atoms with Crippen molar-refractivity contribution in [3.8, 4) is 0 Å². The van der Waals surface area contributed by atoms with Gasteiger partial charge in [-0.2, -0.15) is 4.39 Å². The average molecular weight is 453 g/mol. The van der Waals surface area contributed by atoms with Crippen LogP contribution in [0, 0.1) is 18.7 Å². The summed E-state index contributed by atoms with van der Waals surface area (Å²) in [5, 5.41) is 3.47. The maximum Gasteiger partial charge on any atom is 0.270 e. The summed E-state index contributed by atoms with van der Waals surface area (Å²) in [5.74, 6) is -1.42. The normalized spacial score (nSPS) is 16.9. The zero-order valence-electron chi connectivity index (χ0n) is 18.3. The summed E-state index contributed by atoms with van der Waals surface area (Å²) in [4.78, 5) is 34.4. The molecule has 1 aromatic carbocycles. The van der Waals surface area contributed by atoms with E-state index in [9.17, 15) is 14.0 Å². The molecule has 1 aliphatic heterocycles. The number of rotatable bonds is 5. The molecule has 5 rings (SSSR count). The van der Waals surface area contributed by atoms with E-state index in [2.05, 4.69) is 20.2 Å². The summed E-state index contributed by atoms with van der Waals surface area (Å²) in [6, 6.07) is 8.58. The number of hydrogen-bond donors (Lipinski definition) is 2. The number of fused-ring (bicyclic) bond motifs is 1. The lowest BCUT2D eigenvalue weighted by Gasteiger charge is -2.36. The van der Waals surface area contributed by atoms with Gasteiger partial charge in [0.1, 0.15) is 5.69 Å². The SMILES string of the molecule is Cc1cc2ccc(CN3CCN(c4ccc(C(=O)NC5CC5)nc4F)CC3)c(F)c2[nH]c1=O. The molecular weight excluding hydrogens is 428 g/mol. The first-order chi connectivity index (χ1) is 15.9. The lowest BCUT2D eigenvalue weighted by Crippen LogP contribution is -2.46. The number of carbonyl (C=O) groups is 1. The highest BCUT2D eigenvalue weighted by Gasteiger charge is 2.26. The van der Waals surface area contributed by atoms with Gasteiger partial charge in [0, 0.05) is 55.3 Å². The molecule has 0 unspecified atom stereocenters. The quantitative estimate of drug-likeness (QED) is 0.581. The second kappa shape index (κ2) is 8.55. The van der Waals surface area contributed by atoms with Crippen LogP contribution in [0.1, 0.15) is 34.5 Å². The Morgan fingerprint density at radius 2 is 1.91 bits per heavy atom. The second-order valence-electron chi connectivity index (χ2n) is 8.80. The summed E-state index contributed by atoms with van der Waals surface area (Å²) < 4.78 is 29.6. The van der Waals surface area contributed by atoms with Crippen LogP contribution in [0.2, 0.25) is 0 Å². The number of nitrogens with zero attached hydrogens (tertiary/aromatic N) is 3. The first kappa shape index (κ1) is 21.5. The van der Waals surface area contributed by atoms with Crippen LogP contribution in [-0.2, 0) is 6.54 Å². The number of piperazine rings is 1. The zero-order valence-corrected chi connectivity index (χ0v) is 18.3. The minimum atomic E-state index is -0.660. The number of amides is 1. The molecule has 1 saturated heterocycles. The number of aromatic amines is 1. The molecule has 0 radical (unpaired) electrons. The van der Waals surface area contributed by atoms with Crippen molar-refractivity contribution in [2.24, 2.45) is 0 Å². The molecule has 1 aliphatic carbocycles. The minimum Gasteiger partial charge on any atom is -0.365 e. The van der Waals surface area contributed by atoms with Gasteiger partial charge in [-0.3, -0.25) is 14.5 Å². The van der Waals surface area contributed by atoms with Crippen LogP contribution >= 0.6 is 0 Å². The van der Waals surface area contributed by atoms with Gasteiger partial charge in [-0.25, -0.2) is 9.37 Å². The standard InChI is InChI=1S/C24H25F2N5O2/c1-14-12-15-2-3-16(20(25)21(15)29-23(14)32)13-30-8-10-31(11-9-30)19-7-6-18(28-22(19)26)24(33)27-17-4-5-17/h2-3,6-7,12,17H,4-5,8-11,13H2,1H3,(H,27,33)(H,29,32). The van der Waals surface area contributed by atoms with Gasteiger partial charge in [0.05, 0.1) is 11.2 Å². The predicted octanol–water partition coefficient (Wildman–Crippen LogP) is 2.72. The summed E-state index contributed by atoms with van der Waals surface area (Å²) in [6.07, 6.45) is 1.91. The van der Waals surface area contributed by atoms with Crippen molar-refractivity contribution in [3.63, 3.8) is 0 Å². The van der Waals surface area contributed by atoms with E-state index in [1.807, 2.05) is 11.0 Å². The highest BCUT2D eigenvalue weighted by atomic mass is 19.1. The number of H-pyrrole nitrogens is 1. The van der Waals surface area contributed by atoms with Crippen LogP contribution in [0.4, 0.5) is 14.5 Å². The van der Waals surface area contributed by atoms with Crippen molar-refractivity contribution in [1.29, 1.82) is 0 Å². The summed E-state index contributed by atoms with van der Waals surface area (Å²) in [7, 11) is 0. The van der Waals surface area contributed by atoms with Crippen molar-refractivity contribution >= 4 is 22.5 Å². The van der Waals surface area contributed by atoms with E-state index in [0.717, 1.165) is 12.8 Å². The Hall–Kier alpha value is -3.33. The van der Waals surface area contributed by atoms with E-state index < -0.39 is 11.8 Å². The first-order valence-corrected chi connectivity index (χ1v) is 11.1. The molecule has 33 heavy (non-hydrogen) atoms. The molecule has 0 spiro atoms. The largest absolute Gasteiger partial charge is 0.365 e. The van der Waals surface area contributed by atoms with Gasteiger partial charge in [0.2, 0.25) is 5.95 Å². The molecule has 2 aliphatic rings. The number of carbonyl (C=O) groups excluding carboxylic acids is 1. The Labute approximate surface area is 189 Å². The van der Waals surface area contributed by atoms with E-state index in [4.69, 9.17) is 0 Å². The molecule has 3 heterocycles. The topological polar surface area (TPSA) is 81.3 Å². The van der Waals surface area contributed by atoms with Crippen LogP contribution in [0.5, 0.6) is 0 Å². The summed E-state index contributed by atoms with van der Waals surface area (Å²) in [5.41, 5.74) is 1.43. The number of aryl methyl sites for hydroxylation is 1. The molecule has 2 aromatic heterocycles. The number of aromatic nitrogens is 2. The van der Waals surface area contributed by atoms with E-state index in [0.29, 0.717) is 54.9 Å². The average Bonchev–Trinajstić information content (AvgIpc) is 3.62. The van der Waals surface area contributed by atoms with E-state index in [-0.39, 0.29) is 28.7 Å². The van der Waals surface area contributed by atoms with Crippen LogP contribution < -0.4 is 15.8 Å². The zero-order chi connectivity index (χ0) is 23.1. The van der Waals surface area contributed by atoms with Crippen molar-refractivity contribution in [1.82, 2.24) is 20.2 Å². The molecule has 1 amide bonds. The first-order valence-electron chi connectivity index (χ1n) is 11.1. The Morgan fingerprint density at radius 3 is 2.61 bits per heavy atom. The molecule has 0 bridgehead atoms. The van der Waals surface area contributed by atoms with E-state index in [1.165, 1.54) is 0 Å². The Morgan fingerprint density at radius 1 is 1.15 bits per heavy atom. The number of hydrogen-bond acceptors (Lipinski definition) is 5. The van der Waals surface area contributed by atoms with Crippen LogP contribution in [0.25, 0.3) is 10.9 Å². The van der Waals surface area contributed by atoms with Gasteiger partial charge in [0.15, 0.2) is 5.82 Å². The monoisotopic (exact) mass is 453 g/mol. The van der Waals surface area contributed by atoms with Crippen molar-refractivity contribution < 1.29 is 13.6 Å². The fourth-order valence-electron chi connectivity index (χ4n) is 4.18. The molecule has 172 valence electrons. The Kier molecular flexibility index (Phi) is 5.57. The third-order valence-electron chi connectivity index (χ3n) is 6.30. The van der Waals surface area contributed by atoms with Gasteiger partial charge in [-0.15, -0.1) is 0 Å². The lowest BCUT2D eigenvalue weighted by molar-refractivity contribution is 0.0945. The number of nitrogens with one attached hydrogen (secondary N) is 2. The van der Waals surface area contributed by atoms with Crippen molar-refractivity contribution in [2.75, 3.05) is 31.1 Å². The van der Waals surface area contributed by atoms with Gasteiger partial charge in [0.25, 0.3) is 11.5 Å². The van der Waals surface area contributed by atoms with Crippen LogP contribution in [0.15, 0.2) is 35.1 Å². The van der Waals surface area contributed by atoms with Gasteiger partial charge >= 0.3 is 0 Å². The number of benzene rings is 1. The van der Waals surface area contributed by atoms with Crippen LogP contribution in [-0.4, -0.2) is 53.0 Å². The summed E-state index contributed by atoms with van der Waals surface area (Å²) in [6.45, 7) is 4.43. The Bertz CT molecular complexity index is 1280. The van der Waals surface area contributed by atoms with Crippen LogP contribution in [0.3, 0.4) is 0 Å². The molecule has 1 saturated carbocycles. The molecule has 9 heteroatoms. The maximum absolute atomic E-state index is 15.0. The molecule has 2 N–H and O–H groups in total. The van der Waals surface area contributed by atoms with E-state index >= 15 is 4.39 Å². The fraction of sp³-hybridized carbons (Fsp3) is 0.375. The molecule has 7 nitrogen and oxygen atoms in total. The number of halogens is 2. The van der Waals surface area contributed by atoms with Gasteiger partial charge < -0.3 is 15.2 Å². The third-order valence-corrected chi connectivity index (χ3v) is 6.30. The highest BCUT2D eigenvalue weighted by Crippen LogP contribution is 2.24.